The Balaban J connectivity index is 0.000000552. The van der Waals surface area contributed by atoms with E-state index < -0.39 is 5.97 Å². The van der Waals surface area contributed by atoms with E-state index >= 15 is 0 Å². The number of hydrogen-bond donors (Lipinski definition) is 2. The molecule has 0 bridgehead atoms. The summed E-state index contributed by atoms with van der Waals surface area (Å²) in [6, 6.07) is 15.5. The standard InChI is InChI=1S/C21H26N4.C2H4O2/c1-15-7-6-10-19-23-20(16-11-13-18(14-12-16)24(2)3)21(25(15)19)22-17-8-4-5-9-17;1-2(3)4/h6-7,10-14,17,22H,4-5,8-9H2,1-3H3;1H3,(H,3,4). The average Bonchev–Trinajstić information content (AvgIpc) is 3.30. The van der Waals surface area contributed by atoms with Crippen LogP contribution in [0.25, 0.3) is 16.9 Å². The van der Waals surface area contributed by atoms with E-state index in [1.54, 1.807) is 0 Å². The van der Waals surface area contributed by atoms with E-state index in [-0.39, 0.29) is 0 Å². The van der Waals surface area contributed by atoms with Gasteiger partial charge < -0.3 is 15.3 Å². The van der Waals surface area contributed by atoms with Gasteiger partial charge in [-0.1, -0.05) is 31.0 Å². The Bertz CT molecular complexity index is 966. The highest BCUT2D eigenvalue weighted by Crippen LogP contribution is 2.33. The van der Waals surface area contributed by atoms with E-state index in [1.807, 2.05) is 0 Å². The maximum absolute atomic E-state index is 9.00. The van der Waals surface area contributed by atoms with Crippen molar-refractivity contribution >= 4 is 23.1 Å². The first-order valence-electron chi connectivity index (χ1n) is 10.1. The van der Waals surface area contributed by atoms with Gasteiger partial charge in [0.1, 0.15) is 17.2 Å². The SMILES string of the molecule is CC(=O)O.Cc1cccc2nc(-c3ccc(N(C)C)cc3)c(NC3CCCC3)n12. The van der Waals surface area contributed by atoms with Crippen molar-refractivity contribution in [1.29, 1.82) is 0 Å². The lowest BCUT2D eigenvalue weighted by atomic mass is 10.1. The molecule has 0 unspecified atom stereocenters. The van der Waals surface area contributed by atoms with E-state index in [9.17, 15) is 0 Å². The molecule has 3 aromatic rings. The largest absolute Gasteiger partial charge is 0.481 e. The fourth-order valence-electron chi connectivity index (χ4n) is 3.77. The van der Waals surface area contributed by atoms with Crippen LogP contribution in [0.3, 0.4) is 0 Å². The summed E-state index contributed by atoms with van der Waals surface area (Å²) >= 11 is 0. The number of hydrogen-bond acceptors (Lipinski definition) is 4. The maximum atomic E-state index is 9.00. The van der Waals surface area contributed by atoms with Crippen LogP contribution in [0.2, 0.25) is 0 Å². The summed E-state index contributed by atoms with van der Waals surface area (Å²) in [6.07, 6.45) is 5.14. The highest BCUT2D eigenvalue weighted by Gasteiger charge is 2.21. The van der Waals surface area contributed by atoms with Crippen molar-refractivity contribution < 1.29 is 9.90 Å². The Morgan fingerprint density at radius 1 is 1.14 bits per heavy atom. The summed E-state index contributed by atoms with van der Waals surface area (Å²) < 4.78 is 2.26. The molecule has 29 heavy (non-hydrogen) atoms. The smallest absolute Gasteiger partial charge is 0.300 e. The number of benzene rings is 1. The Hall–Kier alpha value is -3.02. The van der Waals surface area contributed by atoms with Crippen molar-refractivity contribution in [3.63, 3.8) is 0 Å². The molecular formula is C23H30N4O2. The molecule has 2 N–H and O–H groups in total. The van der Waals surface area contributed by atoms with Gasteiger partial charge in [0, 0.05) is 44.0 Å². The lowest BCUT2D eigenvalue weighted by Crippen LogP contribution is -2.17. The molecule has 1 aliphatic carbocycles. The number of aliphatic carboxylic acids is 1. The van der Waals surface area contributed by atoms with E-state index in [0.717, 1.165) is 29.6 Å². The molecule has 0 aliphatic heterocycles. The minimum absolute atomic E-state index is 0.555. The van der Waals surface area contributed by atoms with Gasteiger partial charge in [-0.2, -0.15) is 0 Å². The van der Waals surface area contributed by atoms with Gasteiger partial charge in [-0.3, -0.25) is 9.20 Å². The first-order valence-corrected chi connectivity index (χ1v) is 10.1. The number of anilines is 2. The first kappa shape index (κ1) is 20.7. The van der Waals surface area contributed by atoms with E-state index in [2.05, 4.69) is 78.1 Å². The molecule has 154 valence electrons. The van der Waals surface area contributed by atoms with Crippen LogP contribution in [0, 0.1) is 6.92 Å². The van der Waals surface area contributed by atoms with Gasteiger partial charge in [-0.15, -0.1) is 0 Å². The zero-order chi connectivity index (χ0) is 21.0. The fourth-order valence-corrected chi connectivity index (χ4v) is 3.77. The molecule has 0 saturated heterocycles. The van der Waals surface area contributed by atoms with Gasteiger partial charge in [0.25, 0.3) is 5.97 Å². The molecule has 2 heterocycles. The van der Waals surface area contributed by atoms with Gasteiger partial charge in [0.05, 0.1) is 0 Å². The van der Waals surface area contributed by atoms with Gasteiger partial charge in [-0.05, 0) is 44.0 Å². The first-order chi connectivity index (χ1) is 13.9. The predicted molar refractivity (Wildman–Crippen MR) is 119 cm³/mol. The molecule has 6 nitrogen and oxygen atoms in total. The summed E-state index contributed by atoms with van der Waals surface area (Å²) in [5.41, 5.74) is 5.63. The Kier molecular flexibility index (Phi) is 6.42. The molecule has 0 radical (unpaired) electrons. The molecule has 6 heteroatoms. The minimum Gasteiger partial charge on any atom is -0.481 e. The quantitative estimate of drug-likeness (QED) is 0.664. The minimum atomic E-state index is -0.833. The van der Waals surface area contributed by atoms with E-state index in [0.29, 0.717) is 6.04 Å². The van der Waals surface area contributed by atoms with Crippen LogP contribution < -0.4 is 10.2 Å². The summed E-state index contributed by atoms with van der Waals surface area (Å²) in [6.45, 7) is 3.23. The number of carboxylic acids is 1. The van der Waals surface area contributed by atoms with Crippen molar-refractivity contribution in [2.24, 2.45) is 0 Å². The zero-order valence-electron chi connectivity index (χ0n) is 17.6. The zero-order valence-corrected chi connectivity index (χ0v) is 17.6. The number of carbonyl (C=O) groups is 1. The van der Waals surface area contributed by atoms with Crippen LogP contribution in [-0.2, 0) is 4.79 Å². The van der Waals surface area contributed by atoms with Crippen molar-refractivity contribution in [2.75, 3.05) is 24.3 Å². The van der Waals surface area contributed by atoms with Crippen molar-refractivity contribution in [3.05, 3.63) is 48.2 Å². The Labute approximate surface area is 172 Å². The highest BCUT2D eigenvalue weighted by atomic mass is 16.4. The number of carboxylic acid groups (broad SMARTS) is 1. The Morgan fingerprint density at radius 2 is 1.76 bits per heavy atom. The third-order valence-electron chi connectivity index (χ3n) is 5.19. The van der Waals surface area contributed by atoms with Crippen LogP contribution in [0.1, 0.15) is 38.3 Å². The molecule has 0 atom stereocenters. The number of nitrogens with zero attached hydrogens (tertiary/aromatic N) is 3. The van der Waals surface area contributed by atoms with Crippen molar-refractivity contribution in [2.45, 2.75) is 45.6 Å². The lowest BCUT2D eigenvalue weighted by molar-refractivity contribution is -0.134. The average molecular weight is 395 g/mol. The third kappa shape index (κ3) is 4.88. The van der Waals surface area contributed by atoms with E-state index in [4.69, 9.17) is 14.9 Å². The molecular weight excluding hydrogens is 364 g/mol. The van der Waals surface area contributed by atoms with E-state index in [1.165, 1.54) is 37.1 Å². The van der Waals surface area contributed by atoms with Gasteiger partial charge in [0.2, 0.25) is 0 Å². The van der Waals surface area contributed by atoms with Crippen LogP contribution in [0.5, 0.6) is 0 Å². The molecule has 1 aromatic carbocycles. The number of rotatable bonds is 4. The molecule has 0 spiro atoms. The number of aromatic nitrogens is 2. The molecule has 2 aromatic heterocycles. The van der Waals surface area contributed by atoms with Gasteiger partial charge in [-0.25, -0.2) is 4.98 Å². The molecule has 1 saturated carbocycles. The van der Waals surface area contributed by atoms with Gasteiger partial charge in [0.15, 0.2) is 0 Å². The lowest BCUT2D eigenvalue weighted by Gasteiger charge is -2.16. The van der Waals surface area contributed by atoms with Crippen LogP contribution in [-0.4, -0.2) is 40.6 Å². The monoisotopic (exact) mass is 394 g/mol. The number of nitrogens with one attached hydrogen (secondary N) is 1. The molecule has 1 fully saturated rings. The topological polar surface area (TPSA) is 69.9 Å². The summed E-state index contributed by atoms with van der Waals surface area (Å²) in [7, 11) is 4.13. The summed E-state index contributed by atoms with van der Waals surface area (Å²) in [4.78, 5) is 16.1. The predicted octanol–water partition coefficient (Wildman–Crippen LogP) is 4.82. The highest BCUT2D eigenvalue weighted by molar-refractivity contribution is 5.78. The third-order valence-corrected chi connectivity index (χ3v) is 5.19. The van der Waals surface area contributed by atoms with Crippen LogP contribution in [0.4, 0.5) is 11.5 Å². The number of pyridine rings is 1. The second-order valence-corrected chi connectivity index (χ2v) is 7.76. The van der Waals surface area contributed by atoms with Crippen LogP contribution >= 0.6 is 0 Å². The van der Waals surface area contributed by atoms with Crippen molar-refractivity contribution in [3.8, 4) is 11.3 Å². The van der Waals surface area contributed by atoms with Crippen LogP contribution in [0.15, 0.2) is 42.5 Å². The second kappa shape index (κ2) is 8.99. The summed E-state index contributed by atoms with van der Waals surface area (Å²) in [5.74, 6) is 0.303. The second-order valence-electron chi connectivity index (χ2n) is 7.76. The van der Waals surface area contributed by atoms with Crippen molar-refractivity contribution in [1.82, 2.24) is 9.38 Å². The Morgan fingerprint density at radius 3 is 2.34 bits per heavy atom. The fraction of sp³-hybridized carbons (Fsp3) is 0.391. The molecule has 1 aliphatic rings. The normalized spacial score (nSPS) is 13.8. The number of aryl methyl sites for hydroxylation is 1. The van der Waals surface area contributed by atoms with Gasteiger partial charge >= 0.3 is 0 Å². The summed E-state index contributed by atoms with van der Waals surface area (Å²) in [5, 5.41) is 11.2. The molecule has 0 amide bonds. The maximum Gasteiger partial charge on any atom is 0.300 e. The number of fused-ring (bicyclic) bond motifs is 1. The molecule has 4 rings (SSSR count). The number of imidazole rings is 1.